The molecule has 4 nitrogen and oxygen atoms in total. The number of halogens is 1. The quantitative estimate of drug-likeness (QED) is 0.868. The van der Waals surface area contributed by atoms with Crippen LogP contribution in [0.4, 0.5) is 4.39 Å². The number of pyridine rings is 1. The van der Waals surface area contributed by atoms with Crippen LogP contribution >= 0.6 is 0 Å². The number of rotatable bonds is 6. The van der Waals surface area contributed by atoms with Gasteiger partial charge in [-0.05, 0) is 24.6 Å². The molecule has 5 heteroatoms. The first-order valence-corrected chi connectivity index (χ1v) is 6.52. The van der Waals surface area contributed by atoms with Gasteiger partial charge in [-0.15, -0.1) is 0 Å². The van der Waals surface area contributed by atoms with Crippen molar-refractivity contribution >= 4 is 0 Å². The lowest BCUT2D eigenvalue weighted by atomic mass is 10.1. The van der Waals surface area contributed by atoms with Gasteiger partial charge in [0.15, 0.2) is 0 Å². The van der Waals surface area contributed by atoms with Crippen molar-refractivity contribution in [2.45, 2.75) is 25.8 Å². The van der Waals surface area contributed by atoms with Crippen LogP contribution in [-0.2, 0) is 13.5 Å². The number of nitrogens with one attached hydrogen (secondary N) is 1. The lowest BCUT2D eigenvalue weighted by molar-refractivity contribution is 0.502. The van der Waals surface area contributed by atoms with E-state index in [-0.39, 0.29) is 11.9 Å². The molecular formula is C14H19FN4. The minimum absolute atomic E-state index is 0.161. The first-order valence-electron chi connectivity index (χ1n) is 6.52. The van der Waals surface area contributed by atoms with Gasteiger partial charge >= 0.3 is 0 Å². The minimum Gasteiger partial charge on any atom is -0.308 e. The fraction of sp³-hybridized carbons (Fsp3) is 0.429. The van der Waals surface area contributed by atoms with E-state index >= 15 is 0 Å². The first kappa shape index (κ1) is 13.7. The molecule has 0 aliphatic carbocycles. The number of nitrogens with zero attached hydrogens (tertiary/aromatic N) is 3. The topological polar surface area (TPSA) is 42.7 Å². The predicted molar refractivity (Wildman–Crippen MR) is 72.1 cm³/mol. The molecule has 102 valence electrons. The normalized spacial score (nSPS) is 12.6. The molecule has 19 heavy (non-hydrogen) atoms. The van der Waals surface area contributed by atoms with Crippen molar-refractivity contribution in [3.8, 4) is 0 Å². The Morgan fingerprint density at radius 2 is 2.21 bits per heavy atom. The van der Waals surface area contributed by atoms with E-state index < -0.39 is 0 Å². The minimum atomic E-state index is -0.298. The van der Waals surface area contributed by atoms with Gasteiger partial charge in [0.2, 0.25) is 0 Å². The molecule has 0 aliphatic heterocycles. The molecule has 0 aromatic carbocycles. The van der Waals surface area contributed by atoms with Crippen LogP contribution in [0.5, 0.6) is 0 Å². The Balaban J connectivity index is 1.89. The highest BCUT2D eigenvalue weighted by Crippen LogP contribution is 2.14. The Kier molecular flexibility index (Phi) is 4.63. The molecule has 0 radical (unpaired) electrons. The summed E-state index contributed by atoms with van der Waals surface area (Å²) in [6.45, 7) is 2.93. The molecule has 2 aromatic rings. The van der Waals surface area contributed by atoms with Gasteiger partial charge in [-0.25, -0.2) is 4.39 Å². The van der Waals surface area contributed by atoms with Crippen LogP contribution in [-0.4, -0.2) is 21.3 Å². The Bertz CT molecular complexity index is 506. The summed E-state index contributed by atoms with van der Waals surface area (Å²) in [5, 5.41) is 7.58. The number of aryl methyl sites for hydroxylation is 1. The summed E-state index contributed by atoms with van der Waals surface area (Å²) in [6.07, 6.45) is 4.90. The zero-order valence-electron chi connectivity index (χ0n) is 11.3. The highest BCUT2D eigenvalue weighted by Gasteiger charge is 2.10. The Labute approximate surface area is 112 Å². The molecule has 0 saturated carbocycles. The largest absolute Gasteiger partial charge is 0.308 e. The van der Waals surface area contributed by atoms with Gasteiger partial charge in [0, 0.05) is 37.9 Å². The molecular weight excluding hydrogens is 243 g/mol. The fourth-order valence-corrected chi connectivity index (χ4v) is 2.07. The monoisotopic (exact) mass is 262 g/mol. The molecule has 0 spiro atoms. The second-order valence-corrected chi connectivity index (χ2v) is 4.51. The van der Waals surface area contributed by atoms with Crippen molar-refractivity contribution in [3.63, 3.8) is 0 Å². The van der Waals surface area contributed by atoms with Gasteiger partial charge in [-0.2, -0.15) is 5.10 Å². The second-order valence-electron chi connectivity index (χ2n) is 4.51. The SMILES string of the molecule is CCC(NCCc1ccnn1C)c1ccc(F)cn1. The summed E-state index contributed by atoms with van der Waals surface area (Å²) in [6, 6.07) is 5.36. The van der Waals surface area contributed by atoms with Gasteiger partial charge < -0.3 is 5.32 Å². The summed E-state index contributed by atoms with van der Waals surface area (Å²) in [4.78, 5) is 4.13. The van der Waals surface area contributed by atoms with E-state index in [4.69, 9.17) is 0 Å². The van der Waals surface area contributed by atoms with Crippen molar-refractivity contribution in [1.82, 2.24) is 20.1 Å². The van der Waals surface area contributed by atoms with Crippen molar-refractivity contribution in [2.24, 2.45) is 7.05 Å². The van der Waals surface area contributed by atoms with Gasteiger partial charge in [0.25, 0.3) is 0 Å². The average Bonchev–Trinajstić information content (AvgIpc) is 2.82. The van der Waals surface area contributed by atoms with Gasteiger partial charge in [-0.1, -0.05) is 6.92 Å². The summed E-state index contributed by atoms with van der Waals surface area (Å²) >= 11 is 0. The molecule has 0 aliphatic rings. The summed E-state index contributed by atoms with van der Waals surface area (Å²) in [5.74, 6) is -0.298. The van der Waals surface area contributed by atoms with Crippen LogP contribution in [0.2, 0.25) is 0 Å². The molecule has 0 saturated heterocycles. The fourth-order valence-electron chi connectivity index (χ4n) is 2.07. The van der Waals surface area contributed by atoms with Gasteiger partial charge in [-0.3, -0.25) is 9.67 Å². The summed E-state index contributed by atoms with van der Waals surface area (Å²) < 4.78 is 14.7. The highest BCUT2D eigenvalue weighted by atomic mass is 19.1. The Hall–Kier alpha value is -1.75. The van der Waals surface area contributed by atoms with Crippen LogP contribution in [0.25, 0.3) is 0 Å². The van der Waals surface area contributed by atoms with E-state index in [0.29, 0.717) is 0 Å². The first-order chi connectivity index (χ1) is 9.20. The zero-order valence-corrected chi connectivity index (χ0v) is 11.3. The van der Waals surface area contributed by atoms with Crippen molar-refractivity contribution in [1.29, 1.82) is 0 Å². The number of aromatic nitrogens is 3. The third kappa shape index (κ3) is 3.61. The van der Waals surface area contributed by atoms with E-state index in [2.05, 4.69) is 22.3 Å². The lowest BCUT2D eigenvalue weighted by Crippen LogP contribution is -2.24. The number of hydrogen-bond acceptors (Lipinski definition) is 3. The van der Waals surface area contributed by atoms with Crippen LogP contribution in [0, 0.1) is 5.82 Å². The predicted octanol–water partition coefficient (Wildman–Crippen LogP) is 2.24. The van der Waals surface area contributed by atoms with E-state index in [9.17, 15) is 4.39 Å². The summed E-state index contributed by atoms with van der Waals surface area (Å²) in [7, 11) is 1.94. The lowest BCUT2D eigenvalue weighted by Gasteiger charge is -2.16. The average molecular weight is 262 g/mol. The van der Waals surface area contributed by atoms with E-state index in [0.717, 1.165) is 25.1 Å². The van der Waals surface area contributed by atoms with Crippen LogP contribution in [0.3, 0.4) is 0 Å². The molecule has 1 unspecified atom stereocenters. The smallest absolute Gasteiger partial charge is 0.141 e. The molecule has 2 aromatic heterocycles. The van der Waals surface area contributed by atoms with Crippen LogP contribution < -0.4 is 5.32 Å². The molecule has 0 fully saturated rings. The standard InChI is InChI=1S/C14H19FN4/c1-3-13(14-5-4-11(15)10-17-14)16-8-6-12-7-9-18-19(12)2/h4-5,7,9-10,13,16H,3,6,8H2,1-2H3. The van der Waals surface area contributed by atoms with Crippen LogP contribution in [0.15, 0.2) is 30.6 Å². The molecule has 2 heterocycles. The maximum absolute atomic E-state index is 12.8. The van der Waals surface area contributed by atoms with Crippen molar-refractivity contribution in [3.05, 3.63) is 47.8 Å². The van der Waals surface area contributed by atoms with E-state index in [1.54, 1.807) is 12.3 Å². The second kappa shape index (κ2) is 6.43. The molecule has 0 amide bonds. The van der Waals surface area contributed by atoms with Crippen molar-refractivity contribution in [2.75, 3.05) is 6.54 Å². The third-order valence-electron chi connectivity index (χ3n) is 3.21. The highest BCUT2D eigenvalue weighted by molar-refractivity contribution is 5.10. The van der Waals surface area contributed by atoms with E-state index in [1.807, 2.05) is 17.8 Å². The molecule has 0 bridgehead atoms. The van der Waals surface area contributed by atoms with Crippen molar-refractivity contribution < 1.29 is 4.39 Å². The molecule has 1 atom stereocenters. The molecule has 1 N–H and O–H groups in total. The maximum Gasteiger partial charge on any atom is 0.141 e. The number of hydrogen-bond donors (Lipinski definition) is 1. The summed E-state index contributed by atoms with van der Waals surface area (Å²) in [5.41, 5.74) is 2.07. The Morgan fingerprint density at radius 3 is 2.79 bits per heavy atom. The van der Waals surface area contributed by atoms with Gasteiger partial charge in [0.05, 0.1) is 11.9 Å². The Morgan fingerprint density at radius 1 is 1.37 bits per heavy atom. The van der Waals surface area contributed by atoms with Crippen LogP contribution in [0.1, 0.15) is 30.8 Å². The third-order valence-corrected chi connectivity index (χ3v) is 3.21. The maximum atomic E-state index is 12.8. The molecule has 2 rings (SSSR count). The zero-order chi connectivity index (χ0) is 13.7. The van der Waals surface area contributed by atoms with E-state index in [1.165, 1.54) is 18.0 Å². The van der Waals surface area contributed by atoms with Gasteiger partial charge in [0.1, 0.15) is 5.82 Å².